The van der Waals surface area contributed by atoms with E-state index in [0.29, 0.717) is 6.73 Å². The van der Waals surface area contributed by atoms with E-state index in [2.05, 4.69) is 53.8 Å². The smallest absolute Gasteiger partial charge is 0.206 e. The van der Waals surface area contributed by atoms with E-state index < -0.39 is 0 Å². The summed E-state index contributed by atoms with van der Waals surface area (Å²) in [5.41, 5.74) is 4.71. The Balaban J connectivity index is 1.67. The van der Waals surface area contributed by atoms with Crippen LogP contribution in [0.4, 0.5) is 5.95 Å². The molecule has 0 bridgehead atoms. The van der Waals surface area contributed by atoms with Crippen LogP contribution in [0.2, 0.25) is 0 Å². The molecule has 4 heteroatoms. The fourth-order valence-electron chi connectivity index (χ4n) is 2.93. The lowest BCUT2D eigenvalue weighted by Crippen LogP contribution is -2.33. The lowest BCUT2D eigenvalue weighted by molar-refractivity contribution is 0.287. The summed E-state index contributed by atoms with van der Waals surface area (Å²) in [6.07, 6.45) is 0. The molecule has 2 heterocycles. The van der Waals surface area contributed by atoms with Crippen molar-refractivity contribution in [1.82, 2.24) is 9.97 Å². The number of hydrogen-bond acceptors (Lipinski definition) is 3. The Morgan fingerprint density at radius 1 is 1.13 bits per heavy atom. The maximum absolute atomic E-state index is 5.92. The second-order valence-corrected chi connectivity index (χ2v) is 7.12. The van der Waals surface area contributed by atoms with Gasteiger partial charge in [-0.1, -0.05) is 39.0 Å². The highest BCUT2D eigenvalue weighted by molar-refractivity contribution is 5.77. The monoisotopic (exact) mass is 307 g/mol. The third-order valence-corrected chi connectivity index (χ3v) is 4.34. The van der Waals surface area contributed by atoms with Gasteiger partial charge in [-0.05, 0) is 35.2 Å². The van der Waals surface area contributed by atoms with Crippen molar-refractivity contribution in [3.8, 4) is 5.75 Å². The quantitative estimate of drug-likeness (QED) is 0.732. The predicted octanol–water partition coefficient (Wildman–Crippen LogP) is 4.22. The molecule has 4 nitrogen and oxygen atoms in total. The van der Waals surface area contributed by atoms with Crippen molar-refractivity contribution >= 4 is 17.0 Å². The molecule has 0 saturated carbocycles. The van der Waals surface area contributed by atoms with E-state index in [1.807, 2.05) is 24.3 Å². The average molecular weight is 307 g/mol. The lowest BCUT2D eigenvalue weighted by atomic mass is 9.86. The molecule has 1 aliphatic heterocycles. The fourth-order valence-corrected chi connectivity index (χ4v) is 2.93. The first-order chi connectivity index (χ1) is 11.0. The van der Waals surface area contributed by atoms with Gasteiger partial charge in [0, 0.05) is 5.56 Å². The predicted molar refractivity (Wildman–Crippen MR) is 92.9 cm³/mol. The largest absolute Gasteiger partial charge is 0.473 e. The average Bonchev–Trinajstić information content (AvgIpc) is 2.97. The summed E-state index contributed by atoms with van der Waals surface area (Å²) in [5, 5.41) is 0. The number of imidazole rings is 1. The summed E-state index contributed by atoms with van der Waals surface area (Å²) in [6, 6.07) is 14.6. The van der Waals surface area contributed by atoms with Gasteiger partial charge in [0.15, 0.2) is 6.73 Å². The van der Waals surface area contributed by atoms with Crippen molar-refractivity contribution in [3.63, 3.8) is 0 Å². The second kappa shape index (κ2) is 5.01. The van der Waals surface area contributed by atoms with Crippen LogP contribution < -0.4 is 9.64 Å². The maximum Gasteiger partial charge on any atom is 0.206 e. The van der Waals surface area contributed by atoms with Gasteiger partial charge >= 0.3 is 0 Å². The molecule has 23 heavy (non-hydrogen) atoms. The van der Waals surface area contributed by atoms with Crippen molar-refractivity contribution in [3.05, 3.63) is 53.6 Å². The molecule has 3 aromatic rings. The van der Waals surface area contributed by atoms with Gasteiger partial charge in [-0.15, -0.1) is 0 Å². The molecule has 1 aromatic heterocycles. The van der Waals surface area contributed by atoms with Crippen LogP contribution >= 0.6 is 0 Å². The molecule has 4 rings (SSSR count). The number of fused-ring (bicyclic) bond motifs is 2. The number of H-pyrrole nitrogens is 1. The second-order valence-electron chi connectivity index (χ2n) is 7.12. The summed E-state index contributed by atoms with van der Waals surface area (Å²) >= 11 is 0. The molecule has 0 radical (unpaired) electrons. The van der Waals surface area contributed by atoms with Crippen LogP contribution in [-0.2, 0) is 12.0 Å². The molecule has 1 aliphatic rings. The van der Waals surface area contributed by atoms with Crippen LogP contribution in [0.1, 0.15) is 31.9 Å². The SMILES string of the molecule is CC(C)(C)c1ccc2c(c1)CN(c1nc3ccccc3[nH]1)CO2. The molecule has 0 atom stereocenters. The summed E-state index contributed by atoms with van der Waals surface area (Å²) in [4.78, 5) is 10.2. The molecule has 1 N–H and O–H groups in total. The zero-order valence-corrected chi connectivity index (χ0v) is 13.8. The Bertz CT molecular complexity index is 827. The molecular weight excluding hydrogens is 286 g/mol. The number of aromatic amines is 1. The lowest BCUT2D eigenvalue weighted by Gasteiger charge is -2.30. The zero-order valence-electron chi connectivity index (χ0n) is 13.8. The molecule has 0 saturated heterocycles. The van der Waals surface area contributed by atoms with Gasteiger partial charge in [0.05, 0.1) is 17.6 Å². The number of anilines is 1. The van der Waals surface area contributed by atoms with Gasteiger partial charge in [0.2, 0.25) is 5.95 Å². The Morgan fingerprint density at radius 2 is 1.96 bits per heavy atom. The molecule has 0 aliphatic carbocycles. The van der Waals surface area contributed by atoms with Crippen molar-refractivity contribution in [2.75, 3.05) is 11.6 Å². The highest BCUT2D eigenvalue weighted by atomic mass is 16.5. The van der Waals surface area contributed by atoms with Crippen LogP contribution in [-0.4, -0.2) is 16.7 Å². The summed E-state index contributed by atoms with van der Waals surface area (Å²) in [5.74, 6) is 1.84. The number of hydrogen-bond donors (Lipinski definition) is 1. The number of para-hydroxylation sites is 2. The maximum atomic E-state index is 5.92. The number of benzene rings is 2. The molecule has 2 aromatic carbocycles. The molecule has 0 fully saturated rings. The number of ether oxygens (including phenoxy) is 1. The topological polar surface area (TPSA) is 41.2 Å². The van der Waals surface area contributed by atoms with E-state index in [9.17, 15) is 0 Å². The van der Waals surface area contributed by atoms with Crippen LogP contribution in [0.25, 0.3) is 11.0 Å². The van der Waals surface area contributed by atoms with Crippen LogP contribution in [0.5, 0.6) is 5.75 Å². The van der Waals surface area contributed by atoms with Gasteiger partial charge in [0.25, 0.3) is 0 Å². The summed E-state index contributed by atoms with van der Waals surface area (Å²) < 4.78 is 5.92. The molecular formula is C19H21N3O. The van der Waals surface area contributed by atoms with Crippen LogP contribution in [0.3, 0.4) is 0 Å². The van der Waals surface area contributed by atoms with Gasteiger partial charge in [0.1, 0.15) is 5.75 Å². The number of rotatable bonds is 1. The minimum absolute atomic E-state index is 0.136. The first-order valence-electron chi connectivity index (χ1n) is 7.97. The zero-order chi connectivity index (χ0) is 16.0. The molecule has 0 amide bonds. The van der Waals surface area contributed by atoms with Gasteiger partial charge in [-0.2, -0.15) is 0 Å². The fraction of sp³-hybridized carbons (Fsp3) is 0.316. The normalized spacial score (nSPS) is 14.7. The summed E-state index contributed by atoms with van der Waals surface area (Å²) in [6.45, 7) is 8.01. The van der Waals surface area contributed by atoms with Crippen molar-refractivity contribution in [2.45, 2.75) is 32.7 Å². The third kappa shape index (κ3) is 2.54. The molecule has 118 valence electrons. The minimum atomic E-state index is 0.136. The Hall–Kier alpha value is -2.49. The van der Waals surface area contributed by atoms with Crippen molar-refractivity contribution < 1.29 is 4.74 Å². The highest BCUT2D eigenvalue weighted by Crippen LogP contribution is 2.32. The van der Waals surface area contributed by atoms with E-state index in [4.69, 9.17) is 4.74 Å². The van der Waals surface area contributed by atoms with E-state index in [1.54, 1.807) is 0 Å². The van der Waals surface area contributed by atoms with Crippen molar-refractivity contribution in [1.29, 1.82) is 0 Å². The highest BCUT2D eigenvalue weighted by Gasteiger charge is 2.22. The number of aromatic nitrogens is 2. The number of nitrogens with zero attached hydrogens (tertiary/aromatic N) is 2. The van der Waals surface area contributed by atoms with Crippen molar-refractivity contribution in [2.24, 2.45) is 0 Å². The Labute approximate surface area is 136 Å². The van der Waals surface area contributed by atoms with E-state index in [-0.39, 0.29) is 5.41 Å². The van der Waals surface area contributed by atoms with Gasteiger partial charge in [-0.25, -0.2) is 4.98 Å². The first-order valence-corrected chi connectivity index (χ1v) is 7.97. The van der Waals surface area contributed by atoms with Crippen LogP contribution in [0, 0.1) is 0 Å². The van der Waals surface area contributed by atoms with Gasteiger partial charge < -0.3 is 14.6 Å². The molecule has 0 unspecified atom stereocenters. The number of nitrogens with one attached hydrogen (secondary N) is 1. The Morgan fingerprint density at radius 3 is 2.74 bits per heavy atom. The third-order valence-electron chi connectivity index (χ3n) is 4.34. The standard InChI is InChI=1S/C19H21N3O/c1-19(2,3)14-8-9-17-13(10-14)11-22(12-23-17)18-20-15-6-4-5-7-16(15)21-18/h4-10H,11-12H2,1-3H3,(H,20,21). The van der Waals surface area contributed by atoms with E-state index in [0.717, 1.165) is 29.3 Å². The van der Waals surface area contributed by atoms with Gasteiger partial charge in [-0.3, -0.25) is 0 Å². The van der Waals surface area contributed by atoms with E-state index in [1.165, 1.54) is 11.1 Å². The summed E-state index contributed by atoms with van der Waals surface area (Å²) in [7, 11) is 0. The molecule has 0 spiro atoms. The minimum Gasteiger partial charge on any atom is -0.473 e. The first kappa shape index (κ1) is 14.1. The van der Waals surface area contributed by atoms with E-state index >= 15 is 0 Å². The van der Waals surface area contributed by atoms with Crippen LogP contribution in [0.15, 0.2) is 42.5 Å². The Kier molecular flexibility index (Phi) is 3.08.